The summed E-state index contributed by atoms with van der Waals surface area (Å²) in [5.41, 5.74) is 5.29. The van der Waals surface area contributed by atoms with Crippen molar-refractivity contribution in [1.82, 2.24) is 15.1 Å². The molecule has 0 spiro atoms. The molecule has 43 heavy (non-hydrogen) atoms. The van der Waals surface area contributed by atoms with Crippen molar-refractivity contribution in [1.29, 1.82) is 0 Å². The quantitative estimate of drug-likeness (QED) is 0.261. The maximum absolute atomic E-state index is 13.9. The highest BCUT2D eigenvalue weighted by molar-refractivity contribution is 8.00. The summed E-state index contributed by atoms with van der Waals surface area (Å²) in [5, 5.41) is 7.76. The first kappa shape index (κ1) is 26.9. The van der Waals surface area contributed by atoms with Crippen molar-refractivity contribution in [3.8, 4) is 28.4 Å². The Balaban J connectivity index is 1.41. The highest BCUT2D eigenvalue weighted by Gasteiger charge is 2.38. The van der Waals surface area contributed by atoms with Crippen LogP contribution in [0.4, 0.5) is 5.82 Å². The first-order chi connectivity index (χ1) is 21.0. The zero-order valence-electron chi connectivity index (χ0n) is 23.4. The normalized spacial score (nSPS) is 15.7. The molecule has 216 valence electrons. The molecule has 4 heterocycles. The van der Waals surface area contributed by atoms with E-state index in [0.29, 0.717) is 23.1 Å². The van der Waals surface area contributed by atoms with E-state index in [2.05, 4.69) is 5.32 Å². The molecule has 2 aromatic heterocycles. The lowest BCUT2D eigenvalue weighted by atomic mass is 9.99. The molecule has 0 saturated carbocycles. The Morgan fingerprint density at radius 1 is 1.00 bits per heavy atom. The molecule has 3 aromatic carbocycles. The zero-order chi connectivity index (χ0) is 29.3. The molecule has 7 rings (SSSR count). The molecule has 0 saturated heterocycles. The number of carbonyl (C=O) groups excluding carboxylic acids is 2. The fraction of sp³-hybridized carbons (Fsp3) is 0.182. The van der Waals surface area contributed by atoms with Crippen molar-refractivity contribution in [2.24, 2.45) is 0 Å². The van der Waals surface area contributed by atoms with Crippen LogP contribution in [0, 0.1) is 6.92 Å². The Hall–Kier alpha value is -4.96. The summed E-state index contributed by atoms with van der Waals surface area (Å²) in [7, 11) is 0. The molecule has 5 aromatic rings. The Morgan fingerprint density at radius 3 is 2.67 bits per heavy atom. The van der Waals surface area contributed by atoms with E-state index in [0.717, 1.165) is 33.6 Å². The van der Waals surface area contributed by atoms with Gasteiger partial charge >= 0.3 is 0 Å². The molecule has 2 aliphatic rings. The number of amides is 2. The summed E-state index contributed by atoms with van der Waals surface area (Å²) in [6.45, 7) is 2.23. The van der Waals surface area contributed by atoms with Gasteiger partial charge in [0.25, 0.3) is 0 Å². The van der Waals surface area contributed by atoms with E-state index >= 15 is 0 Å². The van der Waals surface area contributed by atoms with Gasteiger partial charge in [-0.2, -0.15) is 5.10 Å². The highest BCUT2D eigenvalue weighted by Crippen LogP contribution is 2.50. The number of benzene rings is 3. The number of carbonyl (C=O) groups is 2. The summed E-state index contributed by atoms with van der Waals surface area (Å²) >= 11 is 1.51. The van der Waals surface area contributed by atoms with E-state index in [9.17, 15) is 9.59 Å². The second-order valence-corrected chi connectivity index (χ2v) is 11.4. The first-order valence-electron chi connectivity index (χ1n) is 13.9. The van der Waals surface area contributed by atoms with Gasteiger partial charge in [0, 0.05) is 11.1 Å². The third-order valence-corrected chi connectivity index (χ3v) is 8.68. The number of fused-ring (bicyclic) bond motifs is 2. The lowest BCUT2D eigenvalue weighted by Gasteiger charge is -2.23. The number of hydrogen-bond donors (Lipinski definition) is 1. The van der Waals surface area contributed by atoms with Crippen LogP contribution in [0.3, 0.4) is 0 Å². The van der Waals surface area contributed by atoms with Crippen LogP contribution in [-0.2, 0) is 16.1 Å². The lowest BCUT2D eigenvalue weighted by Crippen LogP contribution is -2.42. The topological polar surface area (TPSA) is 98.8 Å². The molecule has 10 heteroatoms. The number of thioether (sulfide) groups is 1. The van der Waals surface area contributed by atoms with E-state index < -0.39 is 0 Å². The average Bonchev–Trinajstić information content (AvgIpc) is 3.78. The van der Waals surface area contributed by atoms with E-state index in [4.69, 9.17) is 19.0 Å². The molecular weight excluding hydrogens is 564 g/mol. The van der Waals surface area contributed by atoms with Crippen LogP contribution in [-0.4, -0.2) is 40.7 Å². The lowest BCUT2D eigenvalue weighted by molar-refractivity contribution is -0.123. The monoisotopic (exact) mass is 592 g/mol. The maximum Gasteiger partial charge on any atom is 0.240 e. The second-order valence-electron chi connectivity index (χ2n) is 10.3. The molecule has 1 N–H and O–H groups in total. The molecule has 1 atom stereocenters. The van der Waals surface area contributed by atoms with Crippen molar-refractivity contribution in [3.63, 3.8) is 0 Å². The van der Waals surface area contributed by atoms with E-state index in [1.165, 1.54) is 11.8 Å². The summed E-state index contributed by atoms with van der Waals surface area (Å²) in [6, 6.07) is 27.3. The predicted octanol–water partition coefficient (Wildman–Crippen LogP) is 5.66. The van der Waals surface area contributed by atoms with E-state index in [1.807, 2.05) is 79.7 Å². The van der Waals surface area contributed by atoms with Gasteiger partial charge in [-0.1, -0.05) is 48.5 Å². The van der Waals surface area contributed by atoms with Gasteiger partial charge in [-0.05, 0) is 54.4 Å². The van der Waals surface area contributed by atoms with Crippen LogP contribution in [0.2, 0.25) is 0 Å². The van der Waals surface area contributed by atoms with Crippen LogP contribution < -0.4 is 19.7 Å². The van der Waals surface area contributed by atoms with Crippen molar-refractivity contribution < 1.29 is 23.5 Å². The first-order valence-corrected chi connectivity index (χ1v) is 15.0. The third kappa shape index (κ3) is 5.25. The number of rotatable bonds is 7. The molecule has 0 fully saturated rings. The van der Waals surface area contributed by atoms with Crippen molar-refractivity contribution >= 4 is 29.4 Å². The maximum atomic E-state index is 13.9. The van der Waals surface area contributed by atoms with Gasteiger partial charge in [-0.15, -0.1) is 11.8 Å². The van der Waals surface area contributed by atoms with Gasteiger partial charge in [0.2, 0.25) is 18.6 Å². The standard InChI is InChI=1S/C33H28N4O5S/c1-21-7-5-10-24(15-21)37-33-30(31(35-37)22-8-3-2-4-9-22)32(23-12-13-26-27(16-23)42-20-41-26)43-19-29(39)36(33)18-28(38)34-17-25-11-6-14-40-25/h2-16,32H,17-20H2,1H3,(H,34,38)/t32-/m0/s1. The Morgan fingerprint density at radius 2 is 1.86 bits per heavy atom. The number of anilines is 1. The summed E-state index contributed by atoms with van der Waals surface area (Å²) in [4.78, 5) is 28.8. The third-order valence-electron chi connectivity index (χ3n) is 7.42. The number of furan rings is 1. The fourth-order valence-electron chi connectivity index (χ4n) is 5.41. The minimum Gasteiger partial charge on any atom is -0.467 e. The summed E-state index contributed by atoms with van der Waals surface area (Å²) in [5.74, 6) is 2.23. The molecule has 9 nitrogen and oxygen atoms in total. The molecule has 2 amide bonds. The van der Waals surface area contributed by atoms with Gasteiger partial charge in [0.1, 0.15) is 18.1 Å². The summed E-state index contributed by atoms with van der Waals surface area (Å²) < 4.78 is 18.5. The minimum atomic E-state index is -0.305. The van der Waals surface area contributed by atoms with Crippen molar-refractivity contribution in [2.75, 3.05) is 24.0 Å². The number of nitrogens with one attached hydrogen (secondary N) is 1. The molecule has 0 bridgehead atoms. The highest BCUT2D eigenvalue weighted by atomic mass is 32.2. The molecule has 0 unspecified atom stereocenters. The zero-order valence-corrected chi connectivity index (χ0v) is 24.2. The van der Waals surface area contributed by atoms with E-state index in [1.54, 1.807) is 28.0 Å². The van der Waals surface area contributed by atoms with Crippen LogP contribution in [0.5, 0.6) is 11.5 Å². The Bertz CT molecular complexity index is 1800. The van der Waals surface area contributed by atoms with Crippen LogP contribution in [0.25, 0.3) is 16.9 Å². The Labute approximate surface area is 252 Å². The van der Waals surface area contributed by atoms with Gasteiger partial charge in [0.15, 0.2) is 11.5 Å². The van der Waals surface area contributed by atoms with Crippen molar-refractivity contribution in [3.05, 3.63) is 114 Å². The van der Waals surface area contributed by atoms with Crippen LogP contribution in [0.15, 0.2) is 95.6 Å². The Kier molecular flexibility index (Phi) is 7.12. The predicted molar refractivity (Wildman–Crippen MR) is 164 cm³/mol. The number of nitrogens with zero attached hydrogens (tertiary/aromatic N) is 3. The SMILES string of the molecule is Cc1cccc(-n2nc(-c3ccccc3)c3c2N(CC(=O)NCc2ccco2)C(=O)CS[C@H]3c2ccc3c(c2)OCO3)c1. The summed E-state index contributed by atoms with van der Waals surface area (Å²) in [6.07, 6.45) is 1.56. The van der Waals surface area contributed by atoms with Crippen molar-refractivity contribution in [2.45, 2.75) is 18.7 Å². The van der Waals surface area contributed by atoms with Gasteiger partial charge < -0.3 is 19.2 Å². The number of hydrogen-bond acceptors (Lipinski definition) is 7. The number of aromatic nitrogens is 2. The second kappa shape index (κ2) is 11.4. The van der Waals surface area contributed by atoms with Crippen LogP contribution >= 0.6 is 11.8 Å². The molecule has 2 aliphatic heterocycles. The smallest absolute Gasteiger partial charge is 0.240 e. The van der Waals surface area contributed by atoms with Gasteiger partial charge in [0.05, 0.1) is 35.2 Å². The van der Waals surface area contributed by atoms with Gasteiger partial charge in [-0.25, -0.2) is 4.68 Å². The molecular formula is C33H28N4O5S. The van der Waals surface area contributed by atoms with Gasteiger partial charge in [-0.3, -0.25) is 14.5 Å². The minimum absolute atomic E-state index is 0.168. The molecule has 0 aliphatic carbocycles. The van der Waals surface area contributed by atoms with Crippen LogP contribution in [0.1, 0.15) is 27.7 Å². The number of aryl methyl sites for hydroxylation is 1. The number of ether oxygens (including phenoxy) is 2. The molecule has 0 radical (unpaired) electrons. The largest absolute Gasteiger partial charge is 0.467 e. The average molecular weight is 593 g/mol. The van der Waals surface area contributed by atoms with E-state index in [-0.39, 0.29) is 42.7 Å². The fourth-order valence-corrected chi connectivity index (χ4v) is 6.59.